The molecule has 0 unspecified atom stereocenters. The van der Waals surface area contributed by atoms with E-state index in [0.717, 1.165) is 6.42 Å². The summed E-state index contributed by atoms with van der Waals surface area (Å²) in [6.45, 7) is 0. The summed E-state index contributed by atoms with van der Waals surface area (Å²) in [5.41, 5.74) is 1.26. The van der Waals surface area contributed by atoms with Crippen LogP contribution in [0.25, 0.3) is 0 Å². The number of benzene rings is 1. The average Bonchev–Trinajstić information content (AvgIpc) is 2.07. The molecule has 0 saturated carbocycles. The molecule has 0 heterocycles. The first-order valence-corrected chi connectivity index (χ1v) is 3.49. The number of rotatable bonds is 2. The summed E-state index contributed by atoms with van der Waals surface area (Å²) < 4.78 is 0. The lowest BCUT2D eigenvalue weighted by Gasteiger charge is -1.91. The van der Waals surface area contributed by atoms with Gasteiger partial charge in [0.2, 0.25) is 0 Å². The van der Waals surface area contributed by atoms with Crippen LogP contribution in [0.5, 0.6) is 0 Å². The van der Waals surface area contributed by atoms with Crippen molar-refractivity contribution >= 4 is 0 Å². The van der Waals surface area contributed by atoms with Crippen LogP contribution in [0, 0.1) is 18.4 Å². The molecule has 0 aliphatic rings. The molecule has 0 saturated heterocycles. The van der Waals surface area contributed by atoms with Gasteiger partial charge in [-0.25, -0.2) is 0 Å². The summed E-state index contributed by atoms with van der Waals surface area (Å²) in [7, 11) is 0. The number of hydrogen-bond donors (Lipinski definition) is 0. The van der Waals surface area contributed by atoms with Crippen LogP contribution in [0.15, 0.2) is 36.4 Å². The van der Waals surface area contributed by atoms with Gasteiger partial charge < -0.3 is 0 Å². The molecule has 0 amide bonds. The third kappa shape index (κ3) is 2.73. The molecule has 0 fully saturated rings. The molecule has 0 aromatic heterocycles. The Bertz CT molecular complexity index is 262. The maximum Gasteiger partial charge on any atom is -0.00880 e. The van der Waals surface area contributed by atoms with Gasteiger partial charge in [-0.3, -0.25) is 0 Å². The molecule has 0 spiro atoms. The molecular weight excluding hydrogens is 132 g/mol. The summed E-state index contributed by atoms with van der Waals surface area (Å²) in [6.07, 6.45) is 9.64. The van der Waals surface area contributed by atoms with Crippen molar-refractivity contribution in [3.8, 4) is 12.3 Å². The van der Waals surface area contributed by atoms with Gasteiger partial charge in [0, 0.05) is 0 Å². The van der Waals surface area contributed by atoms with Crippen molar-refractivity contribution in [3.63, 3.8) is 0 Å². The highest BCUT2D eigenvalue weighted by Gasteiger charge is 1.83. The summed E-state index contributed by atoms with van der Waals surface area (Å²) in [6, 6.07) is 10.8. The first-order chi connectivity index (χ1) is 5.43. The van der Waals surface area contributed by atoms with Gasteiger partial charge in [0.1, 0.15) is 0 Å². The lowest BCUT2D eigenvalue weighted by molar-refractivity contribution is 1.27. The molecule has 0 bridgehead atoms. The Morgan fingerprint density at radius 3 is 2.82 bits per heavy atom. The number of hydrogen-bond acceptors (Lipinski definition) is 0. The molecule has 11 heavy (non-hydrogen) atoms. The van der Waals surface area contributed by atoms with E-state index in [0.29, 0.717) is 0 Å². The van der Waals surface area contributed by atoms with E-state index >= 15 is 0 Å². The molecule has 0 heteroatoms. The molecule has 0 nitrogen and oxygen atoms in total. The molecule has 1 rings (SSSR count). The number of terminal acetylenes is 1. The molecule has 53 valence electrons. The van der Waals surface area contributed by atoms with Crippen LogP contribution in [-0.2, 0) is 6.42 Å². The van der Waals surface area contributed by atoms with Crippen molar-refractivity contribution in [2.75, 3.05) is 0 Å². The molecule has 0 aliphatic heterocycles. The average molecular weight is 141 g/mol. The summed E-state index contributed by atoms with van der Waals surface area (Å²) >= 11 is 0. The minimum atomic E-state index is 0.902. The van der Waals surface area contributed by atoms with Crippen molar-refractivity contribution < 1.29 is 0 Å². The van der Waals surface area contributed by atoms with Crippen LogP contribution in [0.4, 0.5) is 0 Å². The van der Waals surface area contributed by atoms with Gasteiger partial charge in [-0.1, -0.05) is 36.3 Å². The number of allylic oxidation sites excluding steroid dienone is 2. The van der Waals surface area contributed by atoms with Gasteiger partial charge in [-0.05, 0) is 24.1 Å². The van der Waals surface area contributed by atoms with Gasteiger partial charge in [0.25, 0.3) is 0 Å². The summed E-state index contributed by atoms with van der Waals surface area (Å²) in [5.74, 6) is 2.45. The van der Waals surface area contributed by atoms with Crippen LogP contribution in [0.2, 0.25) is 0 Å². The second-order valence-electron chi connectivity index (χ2n) is 2.18. The minimum absolute atomic E-state index is 0.902. The minimum Gasteiger partial charge on any atom is -0.115 e. The van der Waals surface area contributed by atoms with Gasteiger partial charge in [0.05, 0.1) is 0 Å². The van der Waals surface area contributed by atoms with Gasteiger partial charge in [0.15, 0.2) is 0 Å². The van der Waals surface area contributed by atoms with Crippen LogP contribution in [0.3, 0.4) is 0 Å². The first kappa shape index (κ1) is 7.63. The van der Waals surface area contributed by atoms with Crippen molar-refractivity contribution in [1.82, 2.24) is 0 Å². The molecule has 0 N–H and O–H groups in total. The molecule has 1 radical (unpaired) electrons. The highest BCUT2D eigenvalue weighted by Crippen LogP contribution is 1.98. The highest BCUT2D eigenvalue weighted by molar-refractivity contribution is 5.19. The van der Waals surface area contributed by atoms with E-state index in [1.54, 1.807) is 6.08 Å². The Morgan fingerprint density at radius 1 is 1.45 bits per heavy atom. The van der Waals surface area contributed by atoms with Crippen molar-refractivity contribution in [2.45, 2.75) is 6.42 Å². The SMILES string of the molecule is C#CC=CCc1cc[c]cc1. The fraction of sp³-hybridized carbons (Fsp3) is 0.0909. The second-order valence-corrected chi connectivity index (χ2v) is 2.18. The Balaban J connectivity index is 2.53. The fourth-order valence-corrected chi connectivity index (χ4v) is 0.821. The van der Waals surface area contributed by atoms with Gasteiger partial charge >= 0.3 is 0 Å². The standard InChI is InChI=1S/C11H9/c1-2-3-5-8-11-9-6-4-7-10-11/h1,3,5-7,9-10H,8H2. The maximum absolute atomic E-state index is 5.05. The quantitative estimate of drug-likeness (QED) is 0.554. The highest BCUT2D eigenvalue weighted by atomic mass is 13.9. The summed E-state index contributed by atoms with van der Waals surface area (Å²) in [5, 5.41) is 0. The Labute approximate surface area is 67.6 Å². The molecule has 1 aromatic rings. The zero-order chi connectivity index (χ0) is 7.94. The largest absolute Gasteiger partial charge is 0.115 e. The van der Waals surface area contributed by atoms with Crippen molar-refractivity contribution in [1.29, 1.82) is 0 Å². The van der Waals surface area contributed by atoms with Crippen molar-refractivity contribution in [3.05, 3.63) is 48.0 Å². The predicted octanol–water partition coefficient (Wildman–Crippen LogP) is 2.22. The Hall–Kier alpha value is -1.48. The molecule has 0 atom stereocenters. The zero-order valence-corrected chi connectivity index (χ0v) is 6.25. The van der Waals surface area contributed by atoms with E-state index in [9.17, 15) is 0 Å². The van der Waals surface area contributed by atoms with E-state index in [-0.39, 0.29) is 0 Å². The predicted molar refractivity (Wildman–Crippen MR) is 47.0 cm³/mol. The second kappa shape index (κ2) is 4.35. The normalized spacial score (nSPS) is 9.73. The van der Waals surface area contributed by atoms with E-state index in [1.807, 2.05) is 30.3 Å². The monoisotopic (exact) mass is 141 g/mol. The zero-order valence-electron chi connectivity index (χ0n) is 6.25. The van der Waals surface area contributed by atoms with E-state index < -0.39 is 0 Å². The third-order valence-corrected chi connectivity index (χ3v) is 1.35. The topological polar surface area (TPSA) is 0 Å². The van der Waals surface area contributed by atoms with Crippen LogP contribution >= 0.6 is 0 Å². The van der Waals surface area contributed by atoms with Crippen LogP contribution in [0.1, 0.15) is 5.56 Å². The molecule has 1 aromatic carbocycles. The van der Waals surface area contributed by atoms with E-state index in [4.69, 9.17) is 6.42 Å². The maximum atomic E-state index is 5.05. The van der Waals surface area contributed by atoms with Gasteiger partial charge in [-0.2, -0.15) is 0 Å². The van der Waals surface area contributed by atoms with Gasteiger partial charge in [-0.15, -0.1) is 6.42 Å². The van der Waals surface area contributed by atoms with Crippen LogP contribution < -0.4 is 0 Å². The lowest BCUT2D eigenvalue weighted by atomic mass is 10.1. The van der Waals surface area contributed by atoms with Crippen LogP contribution in [-0.4, -0.2) is 0 Å². The Morgan fingerprint density at radius 2 is 2.18 bits per heavy atom. The smallest absolute Gasteiger partial charge is 0.00880 e. The first-order valence-electron chi connectivity index (χ1n) is 3.49. The lowest BCUT2D eigenvalue weighted by Crippen LogP contribution is -1.77. The Kier molecular flexibility index (Phi) is 3.02. The van der Waals surface area contributed by atoms with Crippen molar-refractivity contribution in [2.24, 2.45) is 0 Å². The third-order valence-electron chi connectivity index (χ3n) is 1.35. The van der Waals surface area contributed by atoms with E-state index in [1.165, 1.54) is 5.56 Å². The van der Waals surface area contributed by atoms with E-state index in [2.05, 4.69) is 12.0 Å². The molecule has 0 aliphatic carbocycles. The fourth-order valence-electron chi connectivity index (χ4n) is 0.821. The molecular formula is C11H9. The summed E-state index contributed by atoms with van der Waals surface area (Å²) in [4.78, 5) is 0.